The molecule has 1 nitrogen and oxygen atoms in total. The van der Waals surface area contributed by atoms with E-state index in [-0.39, 0.29) is 15.6 Å². The Balaban J connectivity index is 1.71. The molecule has 126 valence electrons. The maximum Gasteiger partial charge on any atom is 0.217 e. The largest absolute Gasteiger partial charge is 0.288 e. The third-order valence-electron chi connectivity index (χ3n) is 5.80. The number of carbonyl (C=O) groups excluding carboxylic acids is 1. The Labute approximate surface area is 144 Å². The average molecular weight is 332 g/mol. The van der Waals surface area contributed by atoms with Crippen LogP contribution in [0.15, 0.2) is 24.3 Å². The molecular weight excluding hydrogens is 300 g/mol. The van der Waals surface area contributed by atoms with Crippen molar-refractivity contribution in [1.29, 1.82) is 0 Å². The Morgan fingerprint density at radius 1 is 0.913 bits per heavy atom. The zero-order chi connectivity index (χ0) is 16.3. The maximum atomic E-state index is 13.1. The monoisotopic (exact) mass is 331 g/mol. The van der Waals surface area contributed by atoms with Gasteiger partial charge in [0.15, 0.2) is 4.75 Å². The van der Waals surface area contributed by atoms with Crippen LogP contribution >= 0.6 is 0 Å². The Morgan fingerprint density at radius 2 is 1.48 bits per heavy atom. The molecule has 1 aliphatic heterocycles. The number of carbonyl (C=O) groups is 1. The van der Waals surface area contributed by atoms with E-state index in [1.165, 1.54) is 68.4 Å². The van der Waals surface area contributed by atoms with E-state index < -0.39 is 0 Å². The normalized spacial score (nSPS) is 21.3. The van der Waals surface area contributed by atoms with Crippen molar-refractivity contribution in [1.82, 2.24) is 0 Å². The molecule has 0 atom stereocenters. The SMILES string of the molecule is CC(C)(C(=O)c1ccc(C2CCCCC2)cc1)[S+]1CCCCC1. The second-order valence-corrected chi connectivity index (χ2v) is 10.6. The number of hydrogen-bond donors (Lipinski definition) is 0. The van der Waals surface area contributed by atoms with Gasteiger partial charge in [0.25, 0.3) is 0 Å². The molecule has 0 spiro atoms. The molecule has 1 saturated carbocycles. The van der Waals surface area contributed by atoms with Gasteiger partial charge in [-0.05, 0) is 57.4 Å². The van der Waals surface area contributed by atoms with Crippen LogP contribution in [0.2, 0.25) is 0 Å². The van der Waals surface area contributed by atoms with E-state index in [0.29, 0.717) is 5.78 Å². The molecule has 1 heterocycles. The number of hydrogen-bond acceptors (Lipinski definition) is 1. The van der Waals surface area contributed by atoms with Crippen LogP contribution in [-0.2, 0) is 10.9 Å². The lowest BCUT2D eigenvalue weighted by molar-refractivity contribution is 0.0956. The second-order valence-electron chi connectivity index (χ2n) is 7.76. The van der Waals surface area contributed by atoms with E-state index >= 15 is 0 Å². The van der Waals surface area contributed by atoms with Gasteiger partial charge in [-0.25, -0.2) is 0 Å². The topological polar surface area (TPSA) is 17.1 Å². The summed E-state index contributed by atoms with van der Waals surface area (Å²) in [7, 11) is 0.255. The zero-order valence-corrected chi connectivity index (χ0v) is 15.6. The van der Waals surface area contributed by atoms with Gasteiger partial charge in [-0.15, -0.1) is 0 Å². The van der Waals surface area contributed by atoms with Gasteiger partial charge in [0.1, 0.15) is 11.5 Å². The summed E-state index contributed by atoms with van der Waals surface area (Å²) in [5.41, 5.74) is 2.37. The average Bonchev–Trinajstić information content (AvgIpc) is 2.63. The fourth-order valence-corrected chi connectivity index (χ4v) is 6.87. The Bertz CT molecular complexity index is 519. The predicted molar refractivity (Wildman–Crippen MR) is 102 cm³/mol. The highest BCUT2D eigenvalue weighted by molar-refractivity contribution is 7.98. The van der Waals surface area contributed by atoms with Gasteiger partial charge in [0.2, 0.25) is 5.78 Å². The van der Waals surface area contributed by atoms with Gasteiger partial charge in [0, 0.05) is 16.5 Å². The van der Waals surface area contributed by atoms with Gasteiger partial charge >= 0.3 is 0 Å². The highest BCUT2D eigenvalue weighted by Gasteiger charge is 2.45. The molecule has 0 N–H and O–H groups in total. The molecule has 0 bridgehead atoms. The van der Waals surface area contributed by atoms with Crippen molar-refractivity contribution >= 4 is 16.7 Å². The van der Waals surface area contributed by atoms with Gasteiger partial charge in [-0.1, -0.05) is 43.5 Å². The Kier molecular flexibility index (Phi) is 5.51. The van der Waals surface area contributed by atoms with Crippen molar-refractivity contribution in [3.8, 4) is 0 Å². The maximum absolute atomic E-state index is 13.1. The van der Waals surface area contributed by atoms with Crippen LogP contribution in [0.5, 0.6) is 0 Å². The van der Waals surface area contributed by atoms with Crippen molar-refractivity contribution in [3.63, 3.8) is 0 Å². The third-order valence-corrected chi connectivity index (χ3v) is 8.99. The third kappa shape index (κ3) is 3.84. The number of benzene rings is 1. The second kappa shape index (κ2) is 7.42. The van der Waals surface area contributed by atoms with E-state index in [1.807, 2.05) is 0 Å². The molecule has 0 unspecified atom stereocenters. The van der Waals surface area contributed by atoms with Crippen LogP contribution in [0.3, 0.4) is 0 Å². The van der Waals surface area contributed by atoms with Gasteiger partial charge in [-0.2, -0.15) is 0 Å². The Hall–Kier alpha value is -0.760. The minimum absolute atomic E-state index is 0.188. The van der Waals surface area contributed by atoms with Crippen molar-refractivity contribution in [2.75, 3.05) is 11.5 Å². The van der Waals surface area contributed by atoms with E-state index in [2.05, 4.69) is 38.1 Å². The van der Waals surface area contributed by atoms with E-state index in [4.69, 9.17) is 0 Å². The molecule has 23 heavy (non-hydrogen) atoms. The molecule has 0 amide bonds. The molecule has 0 radical (unpaired) electrons. The first-order valence-corrected chi connectivity index (χ1v) is 11.0. The lowest BCUT2D eigenvalue weighted by Crippen LogP contribution is -2.45. The molecule has 0 aromatic heterocycles. The van der Waals surface area contributed by atoms with Gasteiger partial charge in [-0.3, -0.25) is 4.79 Å². The molecule has 3 rings (SSSR count). The summed E-state index contributed by atoms with van der Waals surface area (Å²) in [5, 5.41) is 0. The van der Waals surface area contributed by atoms with Crippen LogP contribution in [0.4, 0.5) is 0 Å². The van der Waals surface area contributed by atoms with Crippen molar-refractivity contribution in [3.05, 3.63) is 35.4 Å². The Morgan fingerprint density at radius 3 is 2.09 bits per heavy atom. The fourth-order valence-electron chi connectivity index (χ4n) is 4.16. The molecule has 2 heteroatoms. The summed E-state index contributed by atoms with van der Waals surface area (Å²) >= 11 is 0. The number of rotatable bonds is 4. The van der Waals surface area contributed by atoms with Crippen molar-refractivity contribution < 1.29 is 4.79 Å². The molecule has 1 aliphatic carbocycles. The van der Waals surface area contributed by atoms with Crippen LogP contribution in [-0.4, -0.2) is 22.0 Å². The molecule has 2 aliphatic rings. The van der Waals surface area contributed by atoms with Gasteiger partial charge in [0.05, 0.1) is 0 Å². The summed E-state index contributed by atoms with van der Waals surface area (Å²) in [6.07, 6.45) is 10.7. The molecular formula is C21H31OS+. The van der Waals surface area contributed by atoms with Crippen molar-refractivity contribution in [2.45, 2.75) is 75.9 Å². The highest BCUT2D eigenvalue weighted by Crippen LogP contribution is 2.34. The first-order chi connectivity index (χ1) is 11.1. The van der Waals surface area contributed by atoms with Crippen LogP contribution in [0.25, 0.3) is 0 Å². The lowest BCUT2D eigenvalue weighted by atomic mass is 9.83. The van der Waals surface area contributed by atoms with Crippen molar-refractivity contribution in [2.24, 2.45) is 0 Å². The van der Waals surface area contributed by atoms with Crippen LogP contribution < -0.4 is 0 Å². The predicted octanol–water partition coefficient (Wildman–Crippen LogP) is 5.50. The summed E-state index contributed by atoms with van der Waals surface area (Å²) in [4.78, 5) is 13.1. The first kappa shape index (κ1) is 17.1. The summed E-state index contributed by atoms with van der Waals surface area (Å²) in [5.74, 6) is 3.58. The minimum atomic E-state index is -0.188. The van der Waals surface area contributed by atoms with Crippen LogP contribution in [0.1, 0.15) is 87.1 Å². The number of Topliss-reactive ketones (excluding diaryl/α,β-unsaturated/α-hetero) is 1. The molecule has 1 aromatic carbocycles. The van der Waals surface area contributed by atoms with E-state index in [1.54, 1.807) is 0 Å². The quantitative estimate of drug-likeness (QED) is 0.526. The standard InChI is InChI=1S/C21H31OS/c1-21(2,23-15-7-4-8-16-23)20(22)19-13-11-18(12-14-19)17-9-5-3-6-10-17/h11-14,17H,3-10,15-16H2,1-2H3/q+1. The van der Waals surface area contributed by atoms with E-state index in [9.17, 15) is 4.79 Å². The minimum Gasteiger partial charge on any atom is -0.288 e. The fraction of sp³-hybridized carbons (Fsp3) is 0.667. The summed E-state index contributed by atoms with van der Waals surface area (Å²) in [6, 6.07) is 8.65. The lowest BCUT2D eigenvalue weighted by Gasteiger charge is -2.27. The molecule has 2 fully saturated rings. The number of ketones is 1. The smallest absolute Gasteiger partial charge is 0.217 e. The van der Waals surface area contributed by atoms with Crippen LogP contribution in [0, 0.1) is 0 Å². The summed E-state index contributed by atoms with van der Waals surface area (Å²) in [6.45, 7) is 4.36. The summed E-state index contributed by atoms with van der Waals surface area (Å²) < 4.78 is -0.188. The highest BCUT2D eigenvalue weighted by atomic mass is 32.2. The van der Waals surface area contributed by atoms with Gasteiger partial charge < -0.3 is 0 Å². The van der Waals surface area contributed by atoms with E-state index in [0.717, 1.165) is 11.5 Å². The molecule has 1 saturated heterocycles. The zero-order valence-electron chi connectivity index (χ0n) is 14.8. The molecule has 1 aromatic rings. The first-order valence-electron chi connectivity index (χ1n) is 9.41.